The van der Waals surface area contributed by atoms with Crippen LogP contribution in [0.4, 0.5) is 4.39 Å². The van der Waals surface area contributed by atoms with Crippen LogP contribution in [-0.4, -0.2) is 33.5 Å². The lowest BCUT2D eigenvalue weighted by atomic mass is 10.0. The SMILES string of the molecule is Cc1cc(F)ccc1-n1cc(C(=O)NC2COc3ccccc3C2)nn1. The maximum Gasteiger partial charge on any atom is 0.273 e. The summed E-state index contributed by atoms with van der Waals surface area (Å²) in [6.45, 7) is 2.19. The van der Waals surface area contributed by atoms with Crippen LogP contribution in [0.3, 0.4) is 0 Å². The van der Waals surface area contributed by atoms with Crippen LogP contribution in [0.5, 0.6) is 5.75 Å². The number of benzene rings is 2. The standard InChI is InChI=1S/C19H17FN4O2/c1-12-8-14(20)6-7-17(12)24-10-16(22-23-24)19(25)21-15-9-13-4-2-3-5-18(13)26-11-15/h2-8,10,15H,9,11H2,1H3,(H,21,25). The highest BCUT2D eigenvalue weighted by atomic mass is 19.1. The molecule has 1 aromatic heterocycles. The lowest BCUT2D eigenvalue weighted by Crippen LogP contribution is -2.42. The monoisotopic (exact) mass is 352 g/mol. The van der Waals surface area contributed by atoms with Crippen molar-refractivity contribution in [2.45, 2.75) is 19.4 Å². The number of ether oxygens (including phenoxy) is 1. The highest BCUT2D eigenvalue weighted by Gasteiger charge is 2.23. The third-order valence-corrected chi connectivity index (χ3v) is 4.35. The molecular formula is C19H17FN4O2. The molecule has 0 fully saturated rings. The van der Waals surface area contributed by atoms with Crippen molar-refractivity contribution in [1.29, 1.82) is 0 Å². The molecule has 1 unspecified atom stereocenters. The summed E-state index contributed by atoms with van der Waals surface area (Å²) < 4.78 is 20.4. The van der Waals surface area contributed by atoms with Crippen molar-refractivity contribution in [3.05, 3.63) is 71.3 Å². The molecule has 0 radical (unpaired) electrons. The van der Waals surface area contributed by atoms with Crippen molar-refractivity contribution in [2.24, 2.45) is 0 Å². The molecule has 0 saturated heterocycles. The lowest BCUT2D eigenvalue weighted by Gasteiger charge is -2.25. The van der Waals surface area contributed by atoms with Crippen LogP contribution in [0.1, 0.15) is 21.6 Å². The van der Waals surface area contributed by atoms with E-state index in [9.17, 15) is 9.18 Å². The fourth-order valence-corrected chi connectivity index (χ4v) is 3.04. The first-order chi connectivity index (χ1) is 12.6. The van der Waals surface area contributed by atoms with E-state index in [1.54, 1.807) is 13.0 Å². The van der Waals surface area contributed by atoms with Crippen LogP contribution >= 0.6 is 0 Å². The molecule has 1 aliphatic rings. The quantitative estimate of drug-likeness (QED) is 0.786. The van der Waals surface area contributed by atoms with Crippen molar-refractivity contribution >= 4 is 5.91 Å². The summed E-state index contributed by atoms with van der Waals surface area (Å²) in [5.41, 5.74) is 2.65. The van der Waals surface area contributed by atoms with Crippen LogP contribution in [-0.2, 0) is 6.42 Å². The zero-order valence-corrected chi connectivity index (χ0v) is 14.1. The molecule has 4 rings (SSSR count). The van der Waals surface area contributed by atoms with Gasteiger partial charge >= 0.3 is 0 Å². The largest absolute Gasteiger partial charge is 0.491 e. The second kappa shape index (κ2) is 6.59. The zero-order chi connectivity index (χ0) is 18.1. The van der Waals surface area contributed by atoms with Gasteiger partial charge in [0.1, 0.15) is 18.2 Å². The summed E-state index contributed by atoms with van der Waals surface area (Å²) >= 11 is 0. The van der Waals surface area contributed by atoms with Crippen LogP contribution in [0.15, 0.2) is 48.7 Å². The predicted molar refractivity (Wildman–Crippen MR) is 92.9 cm³/mol. The number of rotatable bonds is 3. The molecule has 3 aromatic rings. The molecule has 2 heterocycles. The summed E-state index contributed by atoms with van der Waals surface area (Å²) in [5.74, 6) is 0.224. The van der Waals surface area contributed by atoms with E-state index in [1.165, 1.54) is 23.0 Å². The van der Waals surface area contributed by atoms with E-state index in [4.69, 9.17) is 4.74 Å². The van der Waals surface area contributed by atoms with Gasteiger partial charge in [-0.1, -0.05) is 23.4 Å². The van der Waals surface area contributed by atoms with E-state index in [2.05, 4.69) is 15.6 Å². The number of fused-ring (bicyclic) bond motifs is 1. The summed E-state index contributed by atoms with van der Waals surface area (Å²) in [5, 5.41) is 10.8. The van der Waals surface area contributed by atoms with Crippen LogP contribution < -0.4 is 10.1 Å². The average molecular weight is 352 g/mol. The zero-order valence-electron chi connectivity index (χ0n) is 14.1. The van der Waals surface area contributed by atoms with E-state index in [-0.39, 0.29) is 23.5 Å². The number of aromatic nitrogens is 3. The molecule has 1 aliphatic heterocycles. The minimum atomic E-state index is -0.318. The van der Waals surface area contributed by atoms with Gasteiger partial charge < -0.3 is 10.1 Å². The van der Waals surface area contributed by atoms with E-state index in [1.807, 2.05) is 24.3 Å². The molecule has 0 saturated carbocycles. The van der Waals surface area contributed by atoms with Gasteiger partial charge in [0, 0.05) is 0 Å². The molecule has 1 atom stereocenters. The molecule has 7 heteroatoms. The Hall–Kier alpha value is -3.22. The maximum atomic E-state index is 13.2. The smallest absolute Gasteiger partial charge is 0.273 e. The molecule has 0 spiro atoms. The Bertz CT molecular complexity index is 970. The highest BCUT2D eigenvalue weighted by molar-refractivity contribution is 5.92. The summed E-state index contributed by atoms with van der Waals surface area (Å²) in [7, 11) is 0. The number of para-hydroxylation sites is 1. The Balaban J connectivity index is 1.47. The van der Waals surface area contributed by atoms with Crippen molar-refractivity contribution in [1.82, 2.24) is 20.3 Å². The Morgan fingerprint density at radius 2 is 2.15 bits per heavy atom. The first-order valence-electron chi connectivity index (χ1n) is 8.30. The van der Waals surface area contributed by atoms with Crippen LogP contribution in [0.2, 0.25) is 0 Å². The van der Waals surface area contributed by atoms with E-state index >= 15 is 0 Å². The summed E-state index contributed by atoms with van der Waals surface area (Å²) in [4.78, 5) is 12.5. The average Bonchev–Trinajstić information content (AvgIpc) is 3.11. The van der Waals surface area contributed by atoms with Crippen molar-refractivity contribution in [2.75, 3.05) is 6.61 Å². The van der Waals surface area contributed by atoms with E-state index in [0.29, 0.717) is 24.3 Å². The predicted octanol–water partition coefficient (Wildman–Crippen LogP) is 2.45. The Morgan fingerprint density at radius 1 is 1.31 bits per heavy atom. The number of carbonyl (C=O) groups excluding carboxylic acids is 1. The minimum absolute atomic E-state index is 0.130. The fraction of sp³-hybridized carbons (Fsp3) is 0.211. The molecule has 1 N–H and O–H groups in total. The molecule has 6 nitrogen and oxygen atoms in total. The van der Waals surface area contributed by atoms with Gasteiger partial charge in [0.05, 0.1) is 17.9 Å². The van der Waals surface area contributed by atoms with E-state index < -0.39 is 0 Å². The van der Waals surface area contributed by atoms with Gasteiger partial charge in [-0.05, 0) is 48.7 Å². The van der Waals surface area contributed by atoms with Crippen LogP contribution in [0.25, 0.3) is 5.69 Å². The third-order valence-electron chi connectivity index (χ3n) is 4.35. The van der Waals surface area contributed by atoms with Gasteiger partial charge in [-0.3, -0.25) is 4.79 Å². The normalized spacial score (nSPS) is 15.8. The second-order valence-corrected chi connectivity index (χ2v) is 6.27. The van der Waals surface area contributed by atoms with E-state index in [0.717, 1.165) is 11.3 Å². The Kier molecular flexibility index (Phi) is 4.12. The van der Waals surface area contributed by atoms with Crippen molar-refractivity contribution in [3.63, 3.8) is 0 Å². The number of nitrogens with one attached hydrogen (secondary N) is 1. The van der Waals surface area contributed by atoms with Gasteiger partial charge in [0.15, 0.2) is 5.69 Å². The van der Waals surface area contributed by atoms with Gasteiger partial charge in [-0.2, -0.15) is 0 Å². The number of hydrogen-bond acceptors (Lipinski definition) is 4. The molecular weight excluding hydrogens is 335 g/mol. The van der Waals surface area contributed by atoms with Crippen molar-refractivity contribution in [3.8, 4) is 11.4 Å². The van der Waals surface area contributed by atoms with Gasteiger partial charge in [-0.15, -0.1) is 5.10 Å². The minimum Gasteiger partial charge on any atom is -0.491 e. The topological polar surface area (TPSA) is 69.0 Å². The number of hydrogen-bond donors (Lipinski definition) is 1. The molecule has 2 aromatic carbocycles. The fourth-order valence-electron chi connectivity index (χ4n) is 3.04. The number of amides is 1. The Morgan fingerprint density at radius 3 is 3.00 bits per heavy atom. The molecule has 0 aliphatic carbocycles. The maximum absolute atomic E-state index is 13.2. The number of nitrogens with zero attached hydrogens (tertiary/aromatic N) is 3. The summed E-state index contributed by atoms with van der Waals surface area (Å²) in [6.07, 6.45) is 2.24. The molecule has 132 valence electrons. The van der Waals surface area contributed by atoms with Crippen LogP contribution in [0, 0.1) is 12.7 Å². The molecule has 1 amide bonds. The first-order valence-corrected chi connectivity index (χ1v) is 8.30. The number of aryl methyl sites for hydroxylation is 1. The van der Waals surface area contributed by atoms with Gasteiger partial charge in [-0.25, -0.2) is 9.07 Å². The highest BCUT2D eigenvalue weighted by Crippen LogP contribution is 2.24. The lowest BCUT2D eigenvalue weighted by molar-refractivity contribution is 0.0910. The van der Waals surface area contributed by atoms with Gasteiger partial charge in [0.2, 0.25) is 0 Å². The summed E-state index contributed by atoms with van der Waals surface area (Å²) in [6, 6.07) is 12.0. The second-order valence-electron chi connectivity index (χ2n) is 6.27. The first kappa shape index (κ1) is 16.3. The molecule has 0 bridgehead atoms. The van der Waals surface area contributed by atoms with Gasteiger partial charge in [0.25, 0.3) is 5.91 Å². The Labute approximate surface area is 149 Å². The number of carbonyl (C=O) groups is 1. The molecule has 26 heavy (non-hydrogen) atoms. The number of halogens is 1. The van der Waals surface area contributed by atoms with Crippen molar-refractivity contribution < 1.29 is 13.9 Å². The third kappa shape index (κ3) is 3.15.